The first-order chi connectivity index (χ1) is 11.1. The number of carbonyl (C=O) groups is 2. The van der Waals surface area contributed by atoms with E-state index in [0.717, 1.165) is 0 Å². The SMILES string of the molecule is CNC(=O)CNC(=O)c1cc(COc2cccc(OC)c2)[nH]n1. The summed E-state index contributed by atoms with van der Waals surface area (Å²) >= 11 is 0. The molecule has 3 N–H and O–H groups in total. The molecule has 0 unspecified atom stereocenters. The minimum absolute atomic E-state index is 0.0994. The molecule has 0 aliphatic rings. The summed E-state index contributed by atoms with van der Waals surface area (Å²) in [5, 5.41) is 11.5. The molecule has 0 bridgehead atoms. The Hall–Kier alpha value is -3.03. The van der Waals surface area contributed by atoms with Gasteiger partial charge in [0.1, 0.15) is 23.8 Å². The standard InChI is InChI=1S/C15H18N4O4/c1-16-14(20)8-17-15(21)13-6-10(18-19-13)9-23-12-5-3-4-11(7-12)22-2/h3-7H,8-9H2,1-2H3,(H,16,20)(H,17,21)(H,18,19). The summed E-state index contributed by atoms with van der Waals surface area (Å²) < 4.78 is 10.7. The minimum Gasteiger partial charge on any atom is -0.497 e. The number of likely N-dealkylation sites (N-methyl/N-ethyl adjacent to an activating group) is 1. The van der Waals surface area contributed by atoms with Crippen molar-refractivity contribution in [2.75, 3.05) is 20.7 Å². The van der Waals surface area contributed by atoms with Gasteiger partial charge in [-0.3, -0.25) is 14.7 Å². The van der Waals surface area contributed by atoms with Crippen molar-refractivity contribution in [3.05, 3.63) is 41.7 Å². The number of carbonyl (C=O) groups excluding carboxylic acids is 2. The van der Waals surface area contributed by atoms with Gasteiger partial charge < -0.3 is 20.1 Å². The first kappa shape index (κ1) is 16.3. The minimum atomic E-state index is -0.433. The highest BCUT2D eigenvalue weighted by Gasteiger charge is 2.11. The third kappa shape index (κ3) is 4.73. The van der Waals surface area contributed by atoms with E-state index in [1.807, 2.05) is 12.1 Å². The molecule has 1 heterocycles. The lowest BCUT2D eigenvalue weighted by Gasteiger charge is -2.06. The van der Waals surface area contributed by atoms with Crippen molar-refractivity contribution in [1.82, 2.24) is 20.8 Å². The lowest BCUT2D eigenvalue weighted by molar-refractivity contribution is -0.119. The van der Waals surface area contributed by atoms with Crippen LogP contribution in [0.1, 0.15) is 16.2 Å². The van der Waals surface area contributed by atoms with E-state index >= 15 is 0 Å². The van der Waals surface area contributed by atoms with Crippen molar-refractivity contribution in [2.45, 2.75) is 6.61 Å². The molecule has 0 atom stereocenters. The van der Waals surface area contributed by atoms with Gasteiger partial charge in [-0.25, -0.2) is 0 Å². The van der Waals surface area contributed by atoms with Crippen LogP contribution in [0.3, 0.4) is 0 Å². The Kier molecular flexibility index (Phi) is 5.56. The van der Waals surface area contributed by atoms with Crippen molar-refractivity contribution >= 4 is 11.8 Å². The van der Waals surface area contributed by atoms with Crippen molar-refractivity contribution in [3.63, 3.8) is 0 Å². The van der Waals surface area contributed by atoms with Crippen LogP contribution >= 0.6 is 0 Å². The van der Waals surface area contributed by atoms with Crippen molar-refractivity contribution < 1.29 is 19.1 Å². The molecule has 2 amide bonds. The third-order valence-corrected chi connectivity index (χ3v) is 2.99. The van der Waals surface area contributed by atoms with Gasteiger partial charge in [-0.2, -0.15) is 5.10 Å². The number of rotatable bonds is 7. The van der Waals surface area contributed by atoms with Crippen LogP contribution in [0.5, 0.6) is 11.5 Å². The normalized spacial score (nSPS) is 10.0. The fraction of sp³-hybridized carbons (Fsp3) is 0.267. The molecule has 0 spiro atoms. The summed E-state index contributed by atoms with van der Waals surface area (Å²) in [6.07, 6.45) is 0. The molecule has 2 aromatic rings. The van der Waals surface area contributed by atoms with Crippen LogP contribution in [-0.2, 0) is 11.4 Å². The highest BCUT2D eigenvalue weighted by molar-refractivity contribution is 5.94. The molecule has 0 radical (unpaired) electrons. The topological polar surface area (TPSA) is 105 Å². The second kappa shape index (κ2) is 7.83. The number of amides is 2. The van der Waals surface area contributed by atoms with Crippen LogP contribution in [0.2, 0.25) is 0 Å². The molecule has 23 heavy (non-hydrogen) atoms. The van der Waals surface area contributed by atoms with Crippen LogP contribution in [-0.4, -0.2) is 42.7 Å². The van der Waals surface area contributed by atoms with Gasteiger partial charge in [0.25, 0.3) is 5.91 Å². The molecule has 1 aromatic carbocycles. The lowest BCUT2D eigenvalue weighted by Crippen LogP contribution is -2.35. The Balaban J connectivity index is 1.89. The number of hydrogen-bond donors (Lipinski definition) is 3. The zero-order chi connectivity index (χ0) is 16.7. The van der Waals surface area contributed by atoms with E-state index in [1.165, 1.54) is 7.05 Å². The molecule has 8 heteroatoms. The molecule has 0 fully saturated rings. The zero-order valence-electron chi connectivity index (χ0n) is 12.9. The van der Waals surface area contributed by atoms with E-state index in [1.54, 1.807) is 25.3 Å². The van der Waals surface area contributed by atoms with Gasteiger partial charge in [0, 0.05) is 13.1 Å². The Morgan fingerprint density at radius 2 is 2.04 bits per heavy atom. The first-order valence-electron chi connectivity index (χ1n) is 6.92. The van der Waals surface area contributed by atoms with E-state index in [0.29, 0.717) is 17.2 Å². The average molecular weight is 318 g/mol. The molecule has 1 aromatic heterocycles. The van der Waals surface area contributed by atoms with E-state index in [-0.39, 0.29) is 24.8 Å². The predicted molar refractivity (Wildman–Crippen MR) is 82.3 cm³/mol. The fourth-order valence-electron chi connectivity index (χ4n) is 1.74. The quantitative estimate of drug-likeness (QED) is 0.688. The maximum Gasteiger partial charge on any atom is 0.272 e. The second-order valence-electron chi connectivity index (χ2n) is 4.60. The monoisotopic (exact) mass is 318 g/mol. The van der Waals surface area contributed by atoms with Gasteiger partial charge >= 0.3 is 0 Å². The number of aromatic amines is 1. The van der Waals surface area contributed by atoms with Gasteiger partial charge in [0.2, 0.25) is 5.91 Å². The molecule has 8 nitrogen and oxygen atoms in total. The van der Waals surface area contributed by atoms with Crippen LogP contribution in [0.4, 0.5) is 0 Å². The first-order valence-corrected chi connectivity index (χ1v) is 6.92. The van der Waals surface area contributed by atoms with E-state index < -0.39 is 5.91 Å². The summed E-state index contributed by atoms with van der Waals surface area (Å²) in [6.45, 7) is 0.126. The maximum absolute atomic E-state index is 11.8. The zero-order valence-corrected chi connectivity index (χ0v) is 12.9. The highest BCUT2D eigenvalue weighted by atomic mass is 16.5. The van der Waals surface area contributed by atoms with Crippen molar-refractivity contribution in [3.8, 4) is 11.5 Å². The Bertz CT molecular complexity index is 684. The number of methoxy groups -OCH3 is 1. The van der Waals surface area contributed by atoms with Crippen LogP contribution < -0.4 is 20.1 Å². The van der Waals surface area contributed by atoms with E-state index in [4.69, 9.17) is 9.47 Å². The number of nitrogens with zero attached hydrogens (tertiary/aromatic N) is 1. The van der Waals surface area contributed by atoms with E-state index in [9.17, 15) is 9.59 Å². The molecular formula is C15H18N4O4. The molecule has 0 saturated carbocycles. The number of ether oxygens (including phenoxy) is 2. The fourth-order valence-corrected chi connectivity index (χ4v) is 1.74. The number of benzene rings is 1. The maximum atomic E-state index is 11.8. The number of aromatic nitrogens is 2. The Labute approximate surface area is 133 Å². The van der Waals surface area contributed by atoms with Gasteiger partial charge in [-0.1, -0.05) is 6.07 Å². The van der Waals surface area contributed by atoms with Crippen LogP contribution in [0.25, 0.3) is 0 Å². The van der Waals surface area contributed by atoms with E-state index in [2.05, 4.69) is 20.8 Å². The van der Waals surface area contributed by atoms with Gasteiger partial charge in [0.05, 0.1) is 19.3 Å². The average Bonchev–Trinajstić information content (AvgIpc) is 3.06. The summed E-state index contributed by atoms with van der Waals surface area (Å²) in [5.74, 6) is 0.624. The third-order valence-electron chi connectivity index (χ3n) is 2.99. The summed E-state index contributed by atoms with van der Waals surface area (Å²) in [5.41, 5.74) is 0.830. The Morgan fingerprint density at radius 1 is 1.26 bits per heavy atom. The van der Waals surface area contributed by atoms with Crippen molar-refractivity contribution in [2.24, 2.45) is 0 Å². The Morgan fingerprint density at radius 3 is 2.78 bits per heavy atom. The summed E-state index contributed by atoms with van der Waals surface area (Å²) in [7, 11) is 3.08. The largest absolute Gasteiger partial charge is 0.497 e. The molecular weight excluding hydrogens is 300 g/mol. The molecule has 0 aliphatic heterocycles. The summed E-state index contributed by atoms with van der Waals surface area (Å²) in [6, 6.07) is 8.76. The van der Waals surface area contributed by atoms with Gasteiger partial charge in [-0.15, -0.1) is 0 Å². The number of hydrogen-bond acceptors (Lipinski definition) is 5. The number of nitrogens with one attached hydrogen (secondary N) is 3. The van der Waals surface area contributed by atoms with Crippen molar-refractivity contribution in [1.29, 1.82) is 0 Å². The smallest absolute Gasteiger partial charge is 0.272 e. The van der Waals surface area contributed by atoms with Gasteiger partial charge in [-0.05, 0) is 18.2 Å². The number of H-pyrrole nitrogens is 1. The summed E-state index contributed by atoms with van der Waals surface area (Å²) in [4.78, 5) is 22.9. The van der Waals surface area contributed by atoms with Crippen LogP contribution in [0.15, 0.2) is 30.3 Å². The molecule has 2 rings (SSSR count). The highest BCUT2D eigenvalue weighted by Crippen LogP contribution is 2.19. The lowest BCUT2D eigenvalue weighted by atomic mass is 10.3. The predicted octanol–water partition coefficient (Wildman–Crippen LogP) is 0.473. The molecule has 122 valence electrons. The molecule has 0 saturated heterocycles. The second-order valence-corrected chi connectivity index (χ2v) is 4.60. The molecule has 0 aliphatic carbocycles. The van der Waals surface area contributed by atoms with Crippen LogP contribution in [0, 0.1) is 0 Å². The van der Waals surface area contributed by atoms with Gasteiger partial charge in [0.15, 0.2) is 0 Å².